The van der Waals surface area contributed by atoms with Crippen molar-refractivity contribution >= 4 is 23.4 Å². The van der Waals surface area contributed by atoms with Crippen LogP contribution in [0.25, 0.3) is 0 Å². The molecular formula is C13H15ClN4S. The van der Waals surface area contributed by atoms with Gasteiger partial charge in [0.2, 0.25) is 5.16 Å². The van der Waals surface area contributed by atoms with E-state index in [0.717, 1.165) is 21.6 Å². The molecule has 2 aromatic rings. The monoisotopic (exact) mass is 294 g/mol. The van der Waals surface area contributed by atoms with Gasteiger partial charge in [0.25, 0.3) is 0 Å². The Hall–Kier alpha value is -1.20. The van der Waals surface area contributed by atoms with Crippen LogP contribution in [0.2, 0.25) is 5.02 Å². The molecule has 1 aliphatic carbocycles. The van der Waals surface area contributed by atoms with E-state index < -0.39 is 0 Å². The Morgan fingerprint density at radius 3 is 2.79 bits per heavy atom. The molecule has 0 amide bonds. The lowest BCUT2D eigenvalue weighted by molar-refractivity contribution is 0.787. The fourth-order valence-corrected chi connectivity index (χ4v) is 3.32. The first-order valence-corrected chi connectivity index (χ1v) is 7.54. The molecule has 0 unspecified atom stereocenters. The Kier molecular flexibility index (Phi) is 3.41. The van der Waals surface area contributed by atoms with Crippen molar-refractivity contribution in [1.82, 2.24) is 14.9 Å². The first-order valence-electron chi connectivity index (χ1n) is 6.28. The van der Waals surface area contributed by atoms with E-state index in [2.05, 4.69) is 17.1 Å². The first-order chi connectivity index (χ1) is 9.16. The number of rotatable bonds is 4. The maximum Gasteiger partial charge on any atom is 0.210 e. The number of nitrogens with two attached hydrogens (primary N) is 1. The van der Waals surface area contributed by atoms with E-state index in [1.807, 2.05) is 24.3 Å². The summed E-state index contributed by atoms with van der Waals surface area (Å²) in [6.45, 7) is 2.09. The molecule has 1 heterocycles. The third-order valence-corrected chi connectivity index (χ3v) is 4.70. The first kappa shape index (κ1) is 12.8. The molecule has 1 fully saturated rings. The van der Waals surface area contributed by atoms with Gasteiger partial charge in [-0.2, -0.15) is 0 Å². The summed E-state index contributed by atoms with van der Waals surface area (Å²) in [5, 5.41) is 10.1. The van der Waals surface area contributed by atoms with E-state index in [0.29, 0.717) is 5.92 Å². The van der Waals surface area contributed by atoms with Crippen molar-refractivity contribution in [3.63, 3.8) is 0 Å². The van der Waals surface area contributed by atoms with Crippen molar-refractivity contribution in [3.8, 4) is 0 Å². The van der Waals surface area contributed by atoms with Crippen LogP contribution in [0.1, 0.15) is 42.3 Å². The highest BCUT2D eigenvalue weighted by atomic mass is 35.5. The van der Waals surface area contributed by atoms with Gasteiger partial charge in [0.1, 0.15) is 0 Å². The molecule has 100 valence electrons. The van der Waals surface area contributed by atoms with Gasteiger partial charge in [-0.1, -0.05) is 41.6 Å². The third kappa shape index (κ3) is 2.58. The lowest BCUT2D eigenvalue weighted by Gasteiger charge is -2.12. The summed E-state index contributed by atoms with van der Waals surface area (Å²) in [6, 6.07) is 7.84. The fourth-order valence-electron chi connectivity index (χ4n) is 2.01. The molecule has 6 heteroatoms. The quantitative estimate of drug-likeness (QED) is 0.694. The molecule has 3 rings (SSSR count). The maximum absolute atomic E-state index is 6.20. The molecular weight excluding hydrogens is 280 g/mol. The van der Waals surface area contributed by atoms with Crippen LogP contribution in [-0.2, 0) is 0 Å². The average Bonchev–Trinajstić information content (AvgIpc) is 3.17. The third-order valence-electron chi connectivity index (χ3n) is 3.26. The Labute approximate surface area is 121 Å². The minimum Gasteiger partial charge on any atom is -0.336 e. The molecule has 1 atom stereocenters. The van der Waals surface area contributed by atoms with Crippen molar-refractivity contribution in [2.45, 2.75) is 36.1 Å². The van der Waals surface area contributed by atoms with E-state index in [9.17, 15) is 0 Å². The summed E-state index contributed by atoms with van der Waals surface area (Å²) in [6.07, 6.45) is 2.33. The molecule has 19 heavy (non-hydrogen) atoms. The highest BCUT2D eigenvalue weighted by Gasteiger charge is 2.30. The molecule has 1 aliphatic rings. The van der Waals surface area contributed by atoms with Gasteiger partial charge in [-0.25, -0.2) is 4.68 Å². The smallest absolute Gasteiger partial charge is 0.210 e. The number of hydrogen-bond donors (Lipinski definition) is 1. The van der Waals surface area contributed by atoms with E-state index in [-0.39, 0.29) is 5.25 Å². The second-order valence-corrected chi connectivity index (χ2v) is 6.48. The molecule has 1 aromatic carbocycles. The van der Waals surface area contributed by atoms with E-state index in [4.69, 9.17) is 17.4 Å². The van der Waals surface area contributed by atoms with E-state index in [1.165, 1.54) is 12.8 Å². The van der Waals surface area contributed by atoms with Crippen LogP contribution >= 0.6 is 23.4 Å². The minimum absolute atomic E-state index is 0.187. The molecule has 0 radical (unpaired) electrons. The predicted molar refractivity (Wildman–Crippen MR) is 77.9 cm³/mol. The maximum atomic E-state index is 6.20. The predicted octanol–water partition coefficient (Wildman–Crippen LogP) is 3.38. The Balaban J connectivity index is 1.79. The van der Waals surface area contributed by atoms with Crippen LogP contribution < -0.4 is 5.84 Å². The molecule has 0 saturated heterocycles. The average molecular weight is 295 g/mol. The number of hydrogen-bond acceptors (Lipinski definition) is 4. The standard InChI is InChI=1S/C13H15ClN4S/c1-8(10-4-2-3-5-11(10)14)19-13-17-16-12(18(13)15)9-6-7-9/h2-5,8-9H,6-7,15H2,1H3/t8-/m1/s1. The van der Waals surface area contributed by atoms with Crippen molar-refractivity contribution in [1.29, 1.82) is 0 Å². The van der Waals surface area contributed by atoms with Crippen LogP contribution in [-0.4, -0.2) is 14.9 Å². The van der Waals surface area contributed by atoms with Gasteiger partial charge in [-0.05, 0) is 31.4 Å². The molecule has 2 N–H and O–H groups in total. The highest BCUT2D eigenvalue weighted by molar-refractivity contribution is 7.99. The second kappa shape index (κ2) is 5.06. The van der Waals surface area contributed by atoms with Crippen LogP contribution in [0.15, 0.2) is 29.4 Å². The van der Waals surface area contributed by atoms with Crippen molar-refractivity contribution in [3.05, 3.63) is 40.7 Å². The molecule has 1 saturated carbocycles. The highest BCUT2D eigenvalue weighted by Crippen LogP contribution is 2.41. The summed E-state index contributed by atoms with van der Waals surface area (Å²) in [4.78, 5) is 0. The lowest BCUT2D eigenvalue weighted by Crippen LogP contribution is -2.13. The molecule has 1 aromatic heterocycles. The van der Waals surface area contributed by atoms with E-state index in [1.54, 1.807) is 16.4 Å². The number of nitrogen functional groups attached to an aromatic ring is 1. The number of thioether (sulfide) groups is 1. The zero-order valence-corrected chi connectivity index (χ0v) is 12.2. The summed E-state index contributed by atoms with van der Waals surface area (Å²) in [5.41, 5.74) is 1.09. The van der Waals surface area contributed by atoms with Gasteiger partial charge in [0, 0.05) is 16.2 Å². The lowest BCUT2D eigenvalue weighted by atomic mass is 10.2. The summed E-state index contributed by atoms with van der Waals surface area (Å²) in [7, 11) is 0. The summed E-state index contributed by atoms with van der Waals surface area (Å²) < 4.78 is 1.62. The van der Waals surface area contributed by atoms with Crippen LogP contribution in [0.4, 0.5) is 0 Å². The van der Waals surface area contributed by atoms with Crippen LogP contribution in [0.5, 0.6) is 0 Å². The number of halogens is 1. The molecule has 4 nitrogen and oxygen atoms in total. The topological polar surface area (TPSA) is 56.7 Å². The van der Waals surface area contributed by atoms with Gasteiger partial charge < -0.3 is 5.84 Å². The second-order valence-electron chi connectivity index (χ2n) is 4.77. The fraction of sp³-hybridized carbons (Fsp3) is 0.385. The zero-order valence-electron chi connectivity index (χ0n) is 10.6. The normalized spacial score (nSPS) is 16.5. The van der Waals surface area contributed by atoms with Crippen molar-refractivity contribution in [2.24, 2.45) is 0 Å². The number of nitrogens with zero attached hydrogens (tertiary/aromatic N) is 3. The van der Waals surface area contributed by atoms with Crippen molar-refractivity contribution < 1.29 is 0 Å². The van der Waals surface area contributed by atoms with Crippen LogP contribution in [0.3, 0.4) is 0 Å². The summed E-state index contributed by atoms with van der Waals surface area (Å²) in [5.74, 6) is 7.45. The van der Waals surface area contributed by atoms with Gasteiger partial charge in [-0.3, -0.25) is 0 Å². The van der Waals surface area contributed by atoms with Gasteiger partial charge in [0.15, 0.2) is 5.82 Å². The van der Waals surface area contributed by atoms with Crippen molar-refractivity contribution in [2.75, 3.05) is 5.84 Å². The summed E-state index contributed by atoms with van der Waals surface area (Å²) >= 11 is 7.79. The van der Waals surface area contributed by atoms with E-state index >= 15 is 0 Å². The molecule has 0 aliphatic heterocycles. The number of benzene rings is 1. The minimum atomic E-state index is 0.187. The van der Waals surface area contributed by atoms with Gasteiger partial charge in [0.05, 0.1) is 0 Å². The largest absolute Gasteiger partial charge is 0.336 e. The Morgan fingerprint density at radius 2 is 2.11 bits per heavy atom. The SMILES string of the molecule is C[C@@H](Sc1nnc(C2CC2)n1N)c1ccccc1Cl. The Bertz CT molecular complexity index is 594. The number of aromatic nitrogens is 3. The molecule has 0 spiro atoms. The molecule has 0 bridgehead atoms. The van der Waals surface area contributed by atoms with Gasteiger partial charge in [-0.15, -0.1) is 10.2 Å². The van der Waals surface area contributed by atoms with Crippen LogP contribution in [0, 0.1) is 0 Å². The zero-order chi connectivity index (χ0) is 13.4. The van der Waals surface area contributed by atoms with Gasteiger partial charge >= 0.3 is 0 Å². The Morgan fingerprint density at radius 1 is 1.37 bits per heavy atom.